The molecule has 35 heavy (non-hydrogen) atoms. The molecule has 0 unspecified atom stereocenters. The van der Waals surface area contributed by atoms with Gasteiger partial charge in [-0.05, 0) is 48.0 Å². The van der Waals surface area contributed by atoms with Crippen molar-refractivity contribution in [3.05, 3.63) is 84.2 Å². The topological polar surface area (TPSA) is 97.0 Å². The molecule has 3 aromatic carbocycles. The number of nitrogens with zero attached hydrogens (tertiary/aromatic N) is 1. The lowest BCUT2D eigenvalue weighted by Crippen LogP contribution is -2.40. The zero-order valence-corrected chi connectivity index (χ0v) is 19.9. The second kappa shape index (κ2) is 10.9. The van der Waals surface area contributed by atoms with Crippen LogP contribution in [-0.2, 0) is 19.6 Å². The van der Waals surface area contributed by atoms with Gasteiger partial charge in [-0.15, -0.1) is 0 Å². The van der Waals surface area contributed by atoms with Gasteiger partial charge in [-0.3, -0.25) is 4.79 Å². The van der Waals surface area contributed by atoms with Crippen LogP contribution in [0.5, 0.6) is 5.75 Å². The maximum absolute atomic E-state index is 13.3. The Morgan fingerprint density at radius 3 is 2.31 bits per heavy atom. The number of sulfonamides is 1. The fourth-order valence-corrected chi connectivity index (χ4v) is 5.34. The molecule has 8 nitrogen and oxygen atoms in total. The largest absolute Gasteiger partial charge is 0.495 e. The highest BCUT2D eigenvalue weighted by Gasteiger charge is 2.30. The van der Waals surface area contributed by atoms with E-state index in [1.165, 1.54) is 41.7 Å². The molecule has 1 atom stereocenters. The van der Waals surface area contributed by atoms with Crippen LogP contribution >= 0.6 is 0 Å². The van der Waals surface area contributed by atoms with Gasteiger partial charge in [0.15, 0.2) is 0 Å². The van der Waals surface area contributed by atoms with Gasteiger partial charge in [-0.25, -0.2) is 12.8 Å². The summed E-state index contributed by atoms with van der Waals surface area (Å²) in [5.74, 6) is -0.599. The quantitative estimate of drug-likeness (QED) is 0.491. The number of benzene rings is 3. The molecule has 1 heterocycles. The van der Waals surface area contributed by atoms with E-state index in [2.05, 4.69) is 10.6 Å². The van der Waals surface area contributed by atoms with Gasteiger partial charge < -0.3 is 20.1 Å². The number of anilines is 2. The van der Waals surface area contributed by atoms with Crippen LogP contribution in [0, 0.1) is 5.82 Å². The molecule has 0 aliphatic carbocycles. The number of nitrogens with one attached hydrogen (secondary N) is 2. The van der Waals surface area contributed by atoms with Crippen LogP contribution in [-0.4, -0.2) is 52.0 Å². The van der Waals surface area contributed by atoms with Crippen LogP contribution in [0.2, 0.25) is 0 Å². The number of methoxy groups -OCH3 is 1. The minimum absolute atomic E-state index is 0.00217. The molecule has 10 heteroatoms. The van der Waals surface area contributed by atoms with E-state index in [1.807, 2.05) is 6.07 Å². The maximum atomic E-state index is 13.3. The highest BCUT2D eigenvalue weighted by molar-refractivity contribution is 7.89. The van der Waals surface area contributed by atoms with Crippen molar-refractivity contribution in [1.82, 2.24) is 4.31 Å². The van der Waals surface area contributed by atoms with Gasteiger partial charge in [-0.1, -0.05) is 30.3 Å². The predicted octanol–water partition coefficient (Wildman–Crippen LogP) is 3.65. The maximum Gasteiger partial charge on any atom is 0.251 e. The summed E-state index contributed by atoms with van der Waals surface area (Å²) in [6, 6.07) is 18.3. The number of carbonyl (C=O) groups excluding carboxylic acids is 1. The number of hydrogen-bond acceptors (Lipinski definition) is 6. The van der Waals surface area contributed by atoms with E-state index < -0.39 is 27.8 Å². The molecule has 0 bridgehead atoms. The van der Waals surface area contributed by atoms with Gasteiger partial charge in [0.2, 0.25) is 10.0 Å². The molecule has 1 aliphatic heterocycles. The lowest BCUT2D eigenvalue weighted by molar-refractivity contribution is -0.117. The molecule has 1 fully saturated rings. The van der Waals surface area contributed by atoms with Gasteiger partial charge in [0, 0.05) is 24.5 Å². The van der Waals surface area contributed by atoms with E-state index in [9.17, 15) is 17.6 Å². The predicted molar refractivity (Wildman–Crippen MR) is 130 cm³/mol. The van der Waals surface area contributed by atoms with E-state index in [0.717, 1.165) is 0 Å². The second-order valence-corrected chi connectivity index (χ2v) is 9.77. The smallest absolute Gasteiger partial charge is 0.251 e. The van der Waals surface area contributed by atoms with Gasteiger partial charge in [0.05, 0.1) is 20.3 Å². The molecule has 0 spiro atoms. The fourth-order valence-electron chi connectivity index (χ4n) is 3.75. The first-order valence-corrected chi connectivity index (χ1v) is 12.5. The molecule has 1 aliphatic rings. The summed E-state index contributed by atoms with van der Waals surface area (Å²) in [6.07, 6.45) is 0. The summed E-state index contributed by atoms with van der Waals surface area (Å²) in [5.41, 5.74) is 1.52. The van der Waals surface area contributed by atoms with Crippen molar-refractivity contribution in [2.75, 3.05) is 44.0 Å². The highest BCUT2D eigenvalue weighted by atomic mass is 32.2. The molecule has 1 saturated heterocycles. The summed E-state index contributed by atoms with van der Waals surface area (Å²) >= 11 is 0. The Labute approximate surface area is 203 Å². The molecule has 0 radical (unpaired) electrons. The first-order valence-electron chi connectivity index (χ1n) is 11.0. The standard InChI is InChI=1S/C25H26FN3O5S/c1-33-22-12-11-21(17-23(22)35(31,32)29-13-15-34-16-14-29)27-24(18-5-3-2-4-6-18)25(30)28-20-9-7-19(26)8-10-20/h2-12,17,24,27H,13-16H2,1H3,(H,28,30)/t24-/m0/s1. The summed E-state index contributed by atoms with van der Waals surface area (Å²) < 4.78 is 51.9. The number of ether oxygens (including phenoxy) is 2. The zero-order chi connectivity index (χ0) is 24.8. The van der Waals surface area contributed by atoms with E-state index in [4.69, 9.17) is 9.47 Å². The molecule has 0 saturated carbocycles. The molecule has 2 N–H and O–H groups in total. The number of morpholine rings is 1. The van der Waals surface area contributed by atoms with Gasteiger partial charge >= 0.3 is 0 Å². The molecule has 4 rings (SSSR count). The van der Waals surface area contributed by atoms with Crippen LogP contribution in [0.3, 0.4) is 0 Å². The number of amides is 1. The number of halogens is 1. The van der Waals surface area contributed by atoms with Crippen LogP contribution in [0.25, 0.3) is 0 Å². The van der Waals surface area contributed by atoms with Crippen molar-refractivity contribution >= 4 is 27.3 Å². The molecule has 3 aromatic rings. The Bertz CT molecular complexity index is 1260. The summed E-state index contributed by atoms with van der Waals surface area (Å²) in [6.45, 7) is 1.13. The van der Waals surface area contributed by atoms with Crippen molar-refractivity contribution in [2.45, 2.75) is 10.9 Å². The minimum Gasteiger partial charge on any atom is -0.495 e. The molecule has 184 valence electrons. The number of carbonyl (C=O) groups is 1. The Balaban J connectivity index is 1.65. The average molecular weight is 500 g/mol. The molecule has 1 amide bonds. The van der Waals surface area contributed by atoms with Crippen molar-refractivity contribution in [3.63, 3.8) is 0 Å². The van der Waals surface area contributed by atoms with Crippen LogP contribution in [0.15, 0.2) is 77.7 Å². The third-order valence-corrected chi connectivity index (χ3v) is 7.49. The van der Waals surface area contributed by atoms with E-state index in [1.54, 1.807) is 36.4 Å². The fraction of sp³-hybridized carbons (Fsp3) is 0.240. The summed E-state index contributed by atoms with van der Waals surface area (Å²) in [4.78, 5) is 13.2. The van der Waals surface area contributed by atoms with Crippen molar-refractivity contribution in [2.24, 2.45) is 0 Å². The van der Waals surface area contributed by atoms with Crippen LogP contribution in [0.1, 0.15) is 11.6 Å². The van der Waals surface area contributed by atoms with Gasteiger partial charge in [-0.2, -0.15) is 4.31 Å². The van der Waals surface area contributed by atoms with E-state index in [0.29, 0.717) is 30.2 Å². The zero-order valence-electron chi connectivity index (χ0n) is 19.1. The summed E-state index contributed by atoms with van der Waals surface area (Å²) in [7, 11) is -2.44. The minimum atomic E-state index is -3.85. The monoisotopic (exact) mass is 499 g/mol. The third-order valence-electron chi connectivity index (χ3n) is 5.57. The Hall–Kier alpha value is -3.47. The third kappa shape index (κ3) is 5.79. The van der Waals surface area contributed by atoms with E-state index in [-0.39, 0.29) is 23.7 Å². The lowest BCUT2D eigenvalue weighted by atomic mass is 10.1. The Morgan fingerprint density at radius 1 is 1.00 bits per heavy atom. The van der Waals surface area contributed by atoms with Crippen molar-refractivity contribution < 1.29 is 27.1 Å². The first kappa shape index (κ1) is 24.6. The highest BCUT2D eigenvalue weighted by Crippen LogP contribution is 2.32. The molecular formula is C25H26FN3O5S. The van der Waals surface area contributed by atoms with Crippen LogP contribution in [0.4, 0.5) is 15.8 Å². The Kier molecular flexibility index (Phi) is 7.64. The SMILES string of the molecule is COc1ccc(N[C@H](C(=O)Nc2ccc(F)cc2)c2ccccc2)cc1S(=O)(=O)N1CCOCC1. The van der Waals surface area contributed by atoms with E-state index >= 15 is 0 Å². The average Bonchev–Trinajstić information content (AvgIpc) is 2.89. The molecule has 0 aromatic heterocycles. The number of hydrogen-bond donors (Lipinski definition) is 2. The van der Waals surface area contributed by atoms with Crippen molar-refractivity contribution in [3.8, 4) is 5.75 Å². The second-order valence-electron chi connectivity index (χ2n) is 7.87. The Morgan fingerprint density at radius 2 is 1.66 bits per heavy atom. The van der Waals surface area contributed by atoms with Crippen LogP contribution < -0.4 is 15.4 Å². The molecular weight excluding hydrogens is 473 g/mol. The van der Waals surface area contributed by atoms with Gasteiger partial charge in [0.1, 0.15) is 22.5 Å². The first-order chi connectivity index (χ1) is 16.9. The summed E-state index contributed by atoms with van der Waals surface area (Å²) in [5, 5.41) is 5.92. The lowest BCUT2D eigenvalue weighted by Gasteiger charge is -2.27. The number of rotatable bonds is 8. The normalized spacial score (nSPS) is 15.3. The van der Waals surface area contributed by atoms with Crippen molar-refractivity contribution in [1.29, 1.82) is 0 Å². The van der Waals surface area contributed by atoms with Gasteiger partial charge in [0.25, 0.3) is 5.91 Å².